The predicted molar refractivity (Wildman–Crippen MR) is 71.9 cm³/mol. The minimum absolute atomic E-state index is 0.00863. The molecule has 0 bridgehead atoms. The first kappa shape index (κ1) is 18.0. The minimum Gasteiger partial charge on any atom is -0.435 e. The summed E-state index contributed by atoms with van der Waals surface area (Å²) in [4.78, 5) is 3.77. The third-order valence-electron chi connectivity index (χ3n) is 2.51. The number of hydrogen-bond donors (Lipinski definition) is 2. The summed E-state index contributed by atoms with van der Waals surface area (Å²) in [6.07, 6.45) is -5.22. The summed E-state index contributed by atoms with van der Waals surface area (Å²) >= 11 is 0. The molecule has 0 saturated heterocycles. The Kier molecular flexibility index (Phi) is 6.87. The Balaban J connectivity index is 2.46. The molecule has 0 unspecified atom stereocenters. The van der Waals surface area contributed by atoms with Gasteiger partial charge < -0.3 is 15.4 Å². The number of halogens is 5. The van der Waals surface area contributed by atoms with Crippen molar-refractivity contribution in [3.63, 3.8) is 0 Å². The molecule has 0 aliphatic heterocycles. The highest BCUT2D eigenvalue weighted by Gasteiger charge is 2.26. The molecule has 124 valence electrons. The van der Waals surface area contributed by atoms with Crippen molar-refractivity contribution in [3.8, 4) is 5.75 Å². The predicted octanol–water partition coefficient (Wildman–Crippen LogP) is 2.91. The molecular formula is C13H16F5N3O. The van der Waals surface area contributed by atoms with E-state index in [4.69, 9.17) is 0 Å². The van der Waals surface area contributed by atoms with Gasteiger partial charge in [-0.2, -0.15) is 22.0 Å². The second-order valence-corrected chi connectivity index (χ2v) is 4.24. The van der Waals surface area contributed by atoms with Gasteiger partial charge in [-0.15, -0.1) is 0 Å². The van der Waals surface area contributed by atoms with Crippen LogP contribution >= 0.6 is 0 Å². The fourth-order valence-electron chi connectivity index (χ4n) is 1.56. The Morgan fingerprint density at radius 1 is 1.27 bits per heavy atom. The summed E-state index contributed by atoms with van der Waals surface area (Å²) < 4.78 is 64.6. The van der Waals surface area contributed by atoms with Crippen molar-refractivity contribution in [3.05, 3.63) is 29.8 Å². The van der Waals surface area contributed by atoms with E-state index in [1.807, 2.05) is 0 Å². The van der Waals surface area contributed by atoms with E-state index >= 15 is 0 Å². The standard InChI is InChI=1S/C13H16F5N3O/c1-19-12(20-6-5-13(16,17)18)21-8-9-3-2-4-10(7-9)22-11(14)15/h2-4,7,11H,5-6,8H2,1H3,(H2,19,20,21). The average Bonchev–Trinajstić information content (AvgIpc) is 2.41. The maximum absolute atomic E-state index is 12.1. The van der Waals surface area contributed by atoms with Crippen molar-refractivity contribution in [1.29, 1.82) is 0 Å². The van der Waals surface area contributed by atoms with Crippen LogP contribution in [0.15, 0.2) is 29.3 Å². The van der Waals surface area contributed by atoms with Gasteiger partial charge in [0.15, 0.2) is 5.96 Å². The molecule has 0 aromatic heterocycles. The second-order valence-electron chi connectivity index (χ2n) is 4.24. The van der Waals surface area contributed by atoms with Crippen molar-refractivity contribution in [2.24, 2.45) is 4.99 Å². The smallest absolute Gasteiger partial charge is 0.390 e. The molecule has 0 heterocycles. The van der Waals surface area contributed by atoms with Crippen molar-refractivity contribution < 1.29 is 26.7 Å². The van der Waals surface area contributed by atoms with Crippen molar-refractivity contribution in [1.82, 2.24) is 10.6 Å². The molecule has 0 radical (unpaired) electrons. The van der Waals surface area contributed by atoms with E-state index < -0.39 is 19.2 Å². The Morgan fingerprint density at radius 2 is 2.00 bits per heavy atom. The van der Waals surface area contributed by atoms with Crippen molar-refractivity contribution in [2.75, 3.05) is 13.6 Å². The van der Waals surface area contributed by atoms with Gasteiger partial charge in [0, 0.05) is 20.1 Å². The van der Waals surface area contributed by atoms with Crippen LogP contribution in [0.3, 0.4) is 0 Å². The van der Waals surface area contributed by atoms with Gasteiger partial charge in [0.1, 0.15) is 5.75 Å². The normalized spacial score (nSPS) is 12.4. The largest absolute Gasteiger partial charge is 0.435 e. The number of nitrogens with zero attached hydrogens (tertiary/aromatic N) is 1. The highest BCUT2D eigenvalue weighted by Crippen LogP contribution is 2.18. The molecule has 4 nitrogen and oxygen atoms in total. The third-order valence-corrected chi connectivity index (χ3v) is 2.51. The molecule has 0 spiro atoms. The lowest BCUT2D eigenvalue weighted by Gasteiger charge is -2.13. The number of rotatable bonds is 6. The van der Waals surface area contributed by atoms with E-state index in [1.54, 1.807) is 6.07 Å². The van der Waals surface area contributed by atoms with Crippen LogP contribution < -0.4 is 15.4 Å². The summed E-state index contributed by atoms with van der Waals surface area (Å²) in [7, 11) is 1.42. The van der Waals surface area contributed by atoms with E-state index in [2.05, 4.69) is 20.4 Å². The molecule has 0 fully saturated rings. The van der Waals surface area contributed by atoms with Crippen molar-refractivity contribution >= 4 is 5.96 Å². The molecule has 1 rings (SSSR count). The van der Waals surface area contributed by atoms with E-state index in [9.17, 15) is 22.0 Å². The minimum atomic E-state index is -4.24. The Bertz CT molecular complexity index is 491. The molecule has 9 heteroatoms. The number of aliphatic imine (C=N–C) groups is 1. The number of hydrogen-bond acceptors (Lipinski definition) is 2. The summed E-state index contributed by atoms with van der Waals surface area (Å²) in [6, 6.07) is 5.98. The van der Waals surface area contributed by atoms with Gasteiger partial charge in [0.05, 0.1) is 6.42 Å². The van der Waals surface area contributed by atoms with Gasteiger partial charge >= 0.3 is 12.8 Å². The molecule has 0 atom stereocenters. The Morgan fingerprint density at radius 3 is 2.59 bits per heavy atom. The highest BCUT2D eigenvalue weighted by molar-refractivity contribution is 5.79. The SMILES string of the molecule is CN=C(NCCC(F)(F)F)NCc1cccc(OC(F)F)c1. The summed E-state index contributed by atoms with van der Waals surface area (Å²) in [5.41, 5.74) is 0.622. The topological polar surface area (TPSA) is 45.7 Å². The first-order valence-corrected chi connectivity index (χ1v) is 6.35. The number of ether oxygens (including phenoxy) is 1. The summed E-state index contributed by atoms with van der Waals surface area (Å²) in [5, 5.41) is 5.29. The molecule has 0 amide bonds. The zero-order chi connectivity index (χ0) is 16.6. The van der Waals surface area contributed by atoms with E-state index in [0.29, 0.717) is 5.56 Å². The van der Waals surface area contributed by atoms with E-state index in [0.717, 1.165) is 0 Å². The third kappa shape index (κ3) is 7.65. The number of guanidine groups is 1. The fraction of sp³-hybridized carbons (Fsp3) is 0.462. The molecule has 22 heavy (non-hydrogen) atoms. The highest BCUT2D eigenvalue weighted by atomic mass is 19.4. The van der Waals surface area contributed by atoms with Gasteiger partial charge in [-0.3, -0.25) is 4.99 Å². The second kappa shape index (κ2) is 8.40. The van der Waals surface area contributed by atoms with Gasteiger partial charge in [0.25, 0.3) is 0 Å². The quantitative estimate of drug-likeness (QED) is 0.480. The van der Waals surface area contributed by atoms with Crippen LogP contribution in [0.2, 0.25) is 0 Å². The first-order valence-electron chi connectivity index (χ1n) is 6.35. The maximum atomic E-state index is 12.1. The van der Waals surface area contributed by atoms with Gasteiger partial charge in [-0.1, -0.05) is 12.1 Å². The lowest BCUT2D eigenvalue weighted by atomic mass is 10.2. The lowest BCUT2D eigenvalue weighted by Crippen LogP contribution is -2.38. The molecule has 2 N–H and O–H groups in total. The van der Waals surface area contributed by atoms with Crippen LogP contribution in [0.5, 0.6) is 5.75 Å². The van der Waals surface area contributed by atoms with E-state index in [1.165, 1.54) is 25.2 Å². The zero-order valence-electron chi connectivity index (χ0n) is 11.8. The average molecular weight is 325 g/mol. The molecule has 0 aliphatic rings. The molecule has 1 aromatic carbocycles. The van der Waals surface area contributed by atoms with Crippen LogP contribution in [0.1, 0.15) is 12.0 Å². The van der Waals surface area contributed by atoms with Gasteiger partial charge in [-0.05, 0) is 17.7 Å². The van der Waals surface area contributed by atoms with Gasteiger partial charge in [-0.25, -0.2) is 0 Å². The Labute approximate surface area is 124 Å². The van der Waals surface area contributed by atoms with E-state index in [-0.39, 0.29) is 24.8 Å². The summed E-state index contributed by atoms with van der Waals surface area (Å²) in [6.45, 7) is -3.02. The molecule has 0 saturated carbocycles. The van der Waals surface area contributed by atoms with Crippen molar-refractivity contribution in [2.45, 2.75) is 25.8 Å². The van der Waals surface area contributed by atoms with Gasteiger partial charge in [0.2, 0.25) is 0 Å². The van der Waals surface area contributed by atoms with Crippen LogP contribution in [0.25, 0.3) is 0 Å². The van der Waals surface area contributed by atoms with Crippen LogP contribution in [0.4, 0.5) is 22.0 Å². The molecular weight excluding hydrogens is 309 g/mol. The number of benzene rings is 1. The first-order chi connectivity index (χ1) is 10.3. The van der Waals surface area contributed by atoms with Crippen LogP contribution in [-0.4, -0.2) is 32.3 Å². The molecule has 0 aliphatic carbocycles. The molecule has 1 aromatic rings. The fourth-order valence-corrected chi connectivity index (χ4v) is 1.56. The monoisotopic (exact) mass is 325 g/mol. The van der Waals surface area contributed by atoms with Crippen LogP contribution in [-0.2, 0) is 6.54 Å². The zero-order valence-corrected chi connectivity index (χ0v) is 11.8. The summed E-state index contributed by atoms with van der Waals surface area (Å²) in [5.74, 6) is 0.193. The number of nitrogens with one attached hydrogen (secondary N) is 2. The number of alkyl halides is 5. The van der Waals surface area contributed by atoms with Crippen LogP contribution in [0, 0.1) is 0 Å². The maximum Gasteiger partial charge on any atom is 0.390 e. The Hall–Kier alpha value is -2.06. The lowest BCUT2D eigenvalue weighted by molar-refractivity contribution is -0.132.